The van der Waals surface area contributed by atoms with E-state index in [1.807, 2.05) is 0 Å². The van der Waals surface area contributed by atoms with Crippen molar-refractivity contribution < 1.29 is 0 Å². The summed E-state index contributed by atoms with van der Waals surface area (Å²) in [6, 6.07) is 10.9. The molecule has 0 spiro atoms. The van der Waals surface area contributed by atoms with Crippen LogP contribution in [0.2, 0.25) is 0 Å². The van der Waals surface area contributed by atoms with Crippen molar-refractivity contribution in [2.75, 3.05) is 26.2 Å². The average molecular weight is 246 g/mol. The molecule has 1 aromatic rings. The van der Waals surface area contributed by atoms with Crippen molar-refractivity contribution in [2.45, 2.75) is 32.7 Å². The van der Waals surface area contributed by atoms with E-state index in [2.05, 4.69) is 61.3 Å². The van der Waals surface area contributed by atoms with Gasteiger partial charge in [-0.05, 0) is 44.8 Å². The Labute approximate surface area is 111 Å². The second kappa shape index (κ2) is 5.85. The molecule has 1 aliphatic heterocycles. The summed E-state index contributed by atoms with van der Waals surface area (Å²) in [5.41, 5.74) is 1.55. The molecule has 2 nitrogen and oxygen atoms in total. The molecule has 1 aromatic carbocycles. The SMILES string of the molecule is CC1CNCCCN(C(C)(C)c2ccccc2)C1. The van der Waals surface area contributed by atoms with Crippen molar-refractivity contribution >= 4 is 0 Å². The van der Waals surface area contributed by atoms with E-state index in [1.165, 1.54) is 25.1 Å². The van der Waals surface area contributed by atoms with Crippen LogP contribution in [0.25, 0.3) is 0 Å². The van der Waals surface area contributed by atoms with Crippen LogP contribution in [0.5, 0.6) is 0 Å². The fraction of sp³-hybridized carbons (Fsp3) is 0.625. The molecule has 0 aliphatic carbocycles. The standard InChI is InChI=1S/C16H26N2/c1-14-12-17-10-7-11-18(13-14)16(2,3)15-8-5-4-6-9-15/h4-6,8-9,14,17H,7,10-13H2,1-3H3. The van der Waals surface area contributed by atoms with Crippen molar-refractivity contribution in [3.63, 3.8) is 0 Å². The van der Waals surface area contributed by atoms with Crippen LogP contribution >= 0.6 is 0 Å². The van der Waals surface area contributed by atoms with Gasteiger partial charge in [-0.1, -0.05) is 37.3 Å². The van der Waals surface area contributed by atoms with Crippen LogP contribution in [-0.2, 0) is 5.54 Å². The number of rotatable bonds is 2. The smallest absolute Gasteiger partial charge is 0.0404 e. The minimum Gasteiger partial charge on any atom is -0.316 e. The quantitative estimate of drug-likeness (QED) is 0.863. The molecule has 2 heteroatoms. The molecule has 18 heavy (non-hydrogen) atoms. The molecule has 0 bridgehead atoms. The van der Waals surface area contributed by atoms with E-state index in [1.54, 1.807) is 0 Å². The maximum absolute atomic E-state index is 3.52. The van der Waals surface area contributed by atoms with Crippen molar-refractivity contribution in [1.29, 1.82) is 0 Å². The largest absolute Gasteiger partial charge is 0.316 e. The summed E-state index contributed by atoms with van der Waals surface area (Å²) in [7, 11) is 0. The van der Waals surface area contributed by atoms with Crippen LogP contribution in [0.3, 0.4) is 0 Å². The molecular formula is C16H26N2. The summed E-state index contributed by atoms with van der Waals surface area (Å²) in [4.78, 5) is 2.65. The molecule has 0 amide bonds. The van der Waals surface area contributed by atoms with Crippen LogP contribution in [0.1, 0.15) is 32.8 Å². The van der Waals surface area contributed by atoms with Crippen molar-refractivity contribution in [2.24, 2.45) is 5.92 Å². The number of nitrogens with zero attached hydrogens (tertiary/aromatic N) is 1. The number of hydrogen-bond donors (Lipinski definition) is 1. The molecule has 1 fully saturated rings. The zero-order chi connectivity index (χ0) is 13.0. The zero-order valence-electron chi connectivity index (χ0n) is 11.9. The molecule has 0 radical (unpaired) electrons. The Kier molecular flexibility index (Phi) is 4.41. The molecule has 1 atom stereocenters. The van der Waals surface area contributed by atoms with E-state index < -0.39 is 0 Å². The number of nitrogens with one attached hydrogen (secondary N) is 1. The minimum absolute atomic E-state index is 0.132. The lowest BCUT2D eigenvalue weighted by atomic mass is 9.90. The molecule has 0 aromatic heterocycles. The third-order valence-electron chi connectivity index (χ3n) is 4.08. The topological polar surface area (TPSA) is 15.3 Å². The van der Waals surface area contributed by atoms with Gasteiger partial charge in [-0.3, -0.25) is 4.90 Å². The van der Waals surface area contributed by atoms with E-state index in [0.29, 0.717) is 5.92 Å². The second-order valence-electron chi connectivity index (χ2n) is 6.03. The maximum atomic E-state index is 3.52. The third-order valence-corrected chi connectivity index (χ3v) is 4.08. The van der Waals surface area contributed by atoms with Gasteiger partial charge in [0, 0.05) is 18.6 Å². The lowest BCUT2D eigenvalue weighted by Gasteiger charge is -2.41. The molecule has 0 saturated carbocycles. The van der Waals surface area contributed by atoms with E-state index in [0.717, 1.165) is 13.1 Å². The first kappa shape index (κ1) is 13.6. The summed E-state index contributed by atoms with van der Waals surface area (Å²) >= 11 is 0. The molecule has 100 valence electrons. The molecule has 1 N–H and O–H groups in total. The highest BCUT2D eigenvalue weighted by atomic mass is 15.2. The van der Waals surface area contributed by atoms with Gasteiger partial charge in [0.05, 0.1) is 0 Å². The zero-order valence-corrected chi connectivity index (χ0v) is 11.9. The Morgan fingerprint density at radius 3 is 2.67 bits per heavy atom. The summed E-state index contributed by atoms with van der Waals surface area (Å²) in [5.74, 6) is 0.716. The van der Waals surface area contributed by atoms with E-state index in [-0.39, 0.29) is 5.54 Å². The van der Waals surface area contributed by atoms with Crippen molar-refractivity contribution in [3.05, 3.63) is 35.9 Å². The molecule has 1 heterocycles. The van der Waals surface area contributed by atoms with Gasteiger partial charge in [-0.15, -0.1) is 0 Å². The Hall–Kier alpha value is -0.860. The van der Waals surface area contributed by atoms with Gasteiger partial charge in [0.1, 0.15) is 0 Å². The van der Waals surface area contributed by atoms with Gasteiger partial charge >= 0.3 is 0 Å². The Morgan fingerprint density at radius 1 is 1.22 bits per heavy atom. The van der Waals surface area contributed by atoms with E-state index in [9.17, 15) is 0 Å². The highest BCUT2D eigenvalue weighted by molar-refractivity contribution is 5.22. The first-order valence-corrected chi connectivity index (χ1v) is 7.12. The monoisotopic (exact) mass is 246 g/mol. The van der Waals surface area contributed by atoms with Gasteiger partial charge in [0.15, 0.2) is 0 Å². The fourth-order valence-corrected chi connectivity index (χ4v) is 2.81. The average Bonchev–Trinajstić information content (AvgIpc) is 2.34. The minimum atomic E-state index is 0.132. The van der Waals surface area contributed by atoms with Crippen LogP contribution in [0.15, 0.2) is 30.3 Å². The molecule has 1 saturated heterocycles. The molecular weight excluding hydrogens is 220 g/mol. The maximum Gasteiger partial charge on any atom is 0.0404 e. The van der Waals surface area contributed by atoms with Crippen LogP contribution in [-0.4, -0.2) is 31.1 Å². The summed E-state index contributed by atoms with van der Waals surface area (Å²) in [6.07, 6.45) is 1.24. The molecule has 1 unspecified atom stereocenters. The molecule has 2 rings (SSSR count). The van der Waals surface area contributed by atoms with Gasteiger partial charge in [0.25, 0.3) is 0 Å². The highest BCUT2D eigenvalue weighted by Crippen LogP contribution is 2.28. The Balaban J connectivity index is 2.16. The first-order chi connectivity index (χ1) is 8.60. The van der Waals surface area contributed by atoms with Gasteiger partial charge in [-0.2, -0.15) is 0 Å². The molecule has 1 aliphatic rings. The number of benzene rings is 1. The number of hydrogen-bond acceptors (Lipinski definition) is 2. The normalized spacial score (nSPS) is 23.4. The Morgan fingerprint density at radius 2 is 1.94 bits per heavy atom. The highest BCUT2D eigenvalue weighted by Gasteiger charge is 2.29. The summed E-state index contributed by atoms with van der Waals surface area (Å²) < 4.78 is 0. The van der Waals surface area contributed by atoms with Gasteiger partial charge in [0.2, 0.25) is 0 Å². The van der Waals surface area contributed by atoms with Crippen LogP contribution < -0.4 is 5.32 Å². The van der Waals surface area contributed by atoms with Crippen LogP contribution in [0, 0.1) is 5.92 Å². The summed E-state index contributed by atoms with van der Waals surface area (Å²) in [5, 5.41) is 3.52. The third kappa shape index (κ3) is 3.12. The van der Waals surface area contributed by atoms with Crippen molar-refractivity contribution in [3.8, 4) is 0 Å². The van der Waals surface area contributed by atoms with E-state index >= 15 is 0 Å². The Bertz CT molecular complexity index is 359. The predicted octanol–water partition coefficient (Wildman–Crippen LogP) is 2.85. The van der Waals surface area contributed by atoms with Gasteiger partial charge in [-0.25, -0.2) is 0 Å². The first-order valence-electron chi connectivity index (χ1n) is 7.12. The van der Waals surface area contributed by atoms with E-state index in [4.69, 9.17) is 0 Å². The predicted molar refractivity (Wildman–Crippen MR) is 77.7 cm³/mol. The summed E-state index contributed by atoms with van der Waals surface area (Å²) in [6.45, 7) is 11.7. The lowest BCUT2D eigenvalue weighted by Crippen LogP contribution is -2.48. The van der Waals surface area contributed by atoms with Crippen LogP contribution in [0.4, 0.5) is 0 Å². The fourth-order valence-electron chi connectivity index (χ4n) is 2.81. The second-order valence-corrected chi connectivity index (χ2v) is 6.03. The van der Waals surface area contributed by atoms with Gasteiger partial charge < -0.3 is 5.32 Å². The lowest BCUT2D eigenvalue weighted by molar-refractivity contribution is 0.0911. The van der Waals surface area contributed by atoms with Crippen molar-refractivity contribution in [1.82, 2.24) is 10.2 Å².